The molecule has 0 N–H and O–H groups in total. The zero-order valence-corrected chi connectivity index (χ0v) is 31.1. The summed E-state index contributed by atoms with van der Waals surface area (Å²) < 4.78 is 57.1. The highest BCUT2D eigenvalue weighted by Crippen LogP contribution is 2.56. The third-order valence-corrected chi connectivity index (χ3v) is 12.3. The van der Waals surface area contributed by atoms with Gasteiger partial charge in [-0.25, -0.2) is 4.79 Å². The minimum Gasteiger partial charge on any atom is -0.464 e. The van der Waals surface area contributed by atoms with E-state index in [4.69, 9.17) is 42.6 Å². The Morgan fingerprint density at radius 1 is 0.615 bits per heavy atom. The number of carbonyl (C=O) groups is 1. The standard InChI is InChI=1S/C42H44O10/c1-17-25-10-27-18(2)29-12-31-20(4)32-13-30-19(3)28-11-26(17)34-22(6)36(28)48-16-50-38(30)24(8)40(32)52-42(41(43)44-9)51-39(31)23(7)37(29)49-15-47-35(27)21(5)33(25)45-14-46-34/h10-13,17-20,31,39,42H,14-16H2,1-9H3/t17-,18+,19-,20+,31?,39?,42-/m1/s1. The summed E-state index contributed by atoms with van der Waals surface area (Å²) in [7, 11) is 1.34. The Labute approximate surface area is 303 Å². The Balaban J connectivity index is 1.40. The van der Waals surface area contributed by atoms with Crippen LogP contribution < -0.4 is 28.4 Å². The molecule has 272 valence electrons. The molecule has 0 saturated heterocycles. The Morgan fingerprint density at radius 3 is 1.56 bits per heavy atom. The summed E-state index contributed by atoms with van der Waals surface area (Å²) in [5.74, 6) is 3.63. The third-order valence-electron chi connectivity index (χ3n) is 12.3. The van der Waals surface area contributed by atoms with Crippen LogP contribution in [0.3, 0.4) is 0 Å². The number of esters is 1. The SMILES string of the molecule is COC(=O)[C@H]1Oc2c3cc4c(c2C)OCOc2c(cc5c(c2C)OCOc2c(cc6c(c2C)OCOC2=C(C)C(O1)C(C=C2[C@H]6C)[C@@H]3C)[C@H]5C)[C@H]4C. The highest BCUT2D eigenvalue weighted by Gasteiger charge is 2.45. The second-order valence-corrected chi connectivity index (χ2v) is 14.9. The minimum atomic E-state index is -1.33. The molecule has 0 aromatic heterocycles. The van der Waals surface area contributed by atoms with Crippen LogP contribution in [-0.4, -0.2) is 45.9 Å². The van der Waals surface area contributed by atoms with Gasteiger partial charge in [-0.05, 0) is 68.5 Å². The third kappa shape index (κ3) is 4.55. The highest BCUT2D eigenvalue weighted by molar-refractivity contribution is 5.74. The van der Waals surface area contributed by atoms with Crippen LogP contribution in [0.2, 0.25) is 0 Å². The van der Waals surface area contributed by atoms with E-state index in [1.165, 1.54) is 7.11 Å². The summed E-state index contributed by atoms with van der Waals surface area (Å²) >= 11 is 0. The first-order valence-electron chi connectivity index (χ1n) is 18.1. The average molecular weight is 709 g/mol. The molecule has 52 heavy (non-hydrogen) atoms. The van der Waals surface area contributed by atoms with E-state index in [0.29, 0.717) is 17.3 Å². The van der Waals surface area contributed by atoms with Crippen LogP contribution in [0.25, 0.3) is 0 Å². The molecule has 0 fully saturated rings. The van der Waals surface area contributed by atoms with Crippen molar-refractivity contribution in [3.05, 3.63) is 91.3 Å². The van der Waals surface area contributed by atoms with Gasteiger partial charge in [-0.2, -0.15) is 0 Å². The summed E-state index contributed by atoms with van der Waals surface area (Å²) in [5.41, 5.74) is 10.7. The maximum Gasteiger partial charge on any atom is 0.376 e. The number of benzene rings is 3. The van der Waals surface area contributed by atoms with Gasteiger partial charge in [0.05, 0.1) is 13.2 Å². The monoisotopic (exact) mass is 708 g/mol. The fourth-order valence-electron chi connectivity index (χ4n) is 9.34. The van der Waals surface area contributed by atoms with Crippen LogP contribution in [0.15, 0.2) is 41.2 Å². The molecule has 7 atom stereocenters. The van der Waals surface area contributed by atoms with Crippen molar-refractivity contribution in [1.82, 2.24) is 0 Å². The summed E-state index contributed by atoms with van der Waals surface area (Å²) in [6.07, 6.45) is 0.409. The van der Waals surface area contributed by atoms with Gasteiger partial charge in [0.15, 0.2) is 0 Å². The van der Waals surface area contributed by atoms with Gasteiger partial charge in [0, 0.05) is 68.2 Å². The summed E-state index contributed by atoms with van der Waals surface area (Å²) in [5, 5.41) is 0. The summed E-state index contributed by atoms with van der Waals surface area (Å²) in [4.78, 5) is 13.4. The lowest BCUT2D eigenvalue weighted by Crippen LogP contribution is -2.43. The van der Waals surface area contributed by atoms with E-state index in [2.05, 4.69) is 52.0 Å². The number of carbonyl (C=O) groups excluding carboxylic acids is 1. The number of rotatable bonds is 1. The van der Waals surface area contributed by atoms with Crippen molar-refractivity contribution >= 4 is 5.97 Å². The molecule has 10 heteroatoms. The van der Waals surface area contributed by atoms with Gasteiger partial charge in [-0.3, -0.25) is 0 Å². The second-order valence-electron chi connectivity index (χ2n) is 14.9. The number of methoxy groups -OCH3 is 1. The van der Waals surface area contributed by atoms with Crippen LogP contribution in [0.5, 0.6) is 34.5 Å². The predicted octanol–water partition coefficient (Wildman–Crippen LogP) is 8.07. The normalized spacial score (nSPS) is 27.6. The average Bonchev–Trinajstić information content (AvgIpc) is 3.11. The molecular formula is C42H44O10. The lowest BCUT2D eigenvalue weighted by Gasteiger charge is -2.42. The number of allylic oxidation sites excluding steroid dienone is 1. The second kappa shape index (κ2) is 11.8. The fourth-order valence-corrected chi connectivity index (χ4v) is 9.34. The molecule has 3 aromatic carbocycles. The molecule has 8 bridgehead atoms. The van der Waals surface area contributed by atoms with Gasteiger partial charge >= 0.3 is 5.97 Å². The predicted molar refractivity (Wildman–Crippen MR) is 190 cm³/mol. The fraction of sp³-hybridized carbons (Fsp3) is 0.452. The first-order valence-corrected chi connectivity index (χ1v) is 18.1. The van der Waals surface area contributed by atoms with E-state index in [1.807, 2.05) is 27.7 Å². The quantitative estimate of drug-likeness (QED) is 0.231. The van der Waals surface area contributed by atoms with E-state index in [9.17, 15) is 4.79 Å². The molecule has 9 rings (SSSR count). The first kappa shape index (κ1) is 33.0. The summed E-state index contributed by atoms with van der Waals surface area (Å²) in [6, 6.07) is 6.69. The molecule has 10 nitrogen and oxygen atoms in total. The lowest BCUT2D eigenvalue weighted by atomic mass is 9.72. The topological polar surface area (TPSA) is 100 Å². The Bertz CT molecular complexity index is 2130. The Hall–Kier alpha value is -4.83. The van der Waals surface area contributed by atoms with Crippen molar-refractivity contribution in [2.75, 3.05) is 27.5 Å². The zero-order valence-electron chi connectivity index (χ0n) is 31.1. The number of ether oxygens (including phenoxy) is 9. The van der Waals surface area contributed by atoms with Crippen LogP contribution in [0.1, 0.15) is 108 Å². The summed E-state index contributed by atoms with van der Waals surface area (Å²) in [6.45, 7) is 16.9. The minimum absolute atomic E-state index is 0.0144. The van der Waals surface area contributed by atoms with Crippen LogP contribution in [-0.2, 0) is 19.0 Å². The molecule has 2 aliphatic carbocycles. The van der Waals surface area contributed by atoms with E-state index in [-0.39, 0.29) is 50.0 Å². The Kier molecular flexibility index (Phi) is 7.53. The number of hydrogen-bond donors (Lipinski definition) is 0. The van der Waals surface area contributed by atoms with Crippen molar-refractivity contribution < 1.29 is 47.4 Å². The Morgan fingerprint density at radius 2 is 1.06 bits per heavy atom. The maximum atomic E-state index is 13.4. The molecule has 0 radical (unpaired) electrons. The van der Waals surface area contributed by atoms with Crippen LogP contribution >= 0.6 is 0 Å². The number of hydrogen-bond acceptors (Lipinski definition) is 10. The van der Waals surface area contributed by atoms with Crippen molar-refractivity contribution in [1.29, 1.82) is 0 Å². The molecule has 6 aliphatic rings. The van der Waals surface area contributed by atoms with Gasteiger partial charge in [-0.1, -0.05) is 33.8 Å². The molecule has 4 heterocycles. The largest absolute Gasteiger partial charge is 0.464 e. The van der Waals surface area contributed by atoms with E-state index in [0.717, 1.165) is 84.2 Å². The van der Waals surface area contributed by atoms with Crippen LogP contribution in [0, 0.1) is 26.7 Å². The van der Waals surface area contributed by atoms with E-state index in [1.54, 1.807) is 0 Å². The van der Waals surface area contributed by atoms with Gasteiger partial charge in [-0.15, -0.1) is 0 Å². The van der Waals surface area contributed by atoms with Crippen molar-refractivity contribution in [2.45, 2.75) is 91.5 Å². The highest BCUT2D eigenvalue weighted by atomic mass is 16.7. The molecule has 0 saturated carbocycles. The van der Waals surface area contributed by atoms with Gasteiger partial charge in [0.1, 0.15) is 40.3 Å². The molecule has 0 amide bonds. The maximum absolute atomic E-state index is 13.4. The van der Waals surface area contributed by atoms with E-state index >= 15 is 0 Å². The van der Waals surface area contributed by atoms with Crippen molar-refractivity contribution in [2.24, 2.45) is 5.92 Å². The first-order chi connectivity index (χ1) is 25.0. The molecular weight excluding hydrogens is 664 g/mol. The molecule has 4 aliphatic heterocycles. The molecule has 0 spiro atoms. The molecule has 2 unspecified atom stereocenters. The van der Waals surface area contributed by atoms with Crippen LogP contribution in [0.4, 0.5) is 0 Å². The van der Waals surface area contributed by atoms with E-state index < -0.39 is 18.4 Å². The smallest absolute Gasteiger partial charge is 0.376 e. The molecule has 3 aromatic rings. The van der Waals surface area contributed by atoms with Crippen molar-refractivity contribution in [3.63, 3.8) is 0 Å². The lowest BCUT2D eigenvalue weighted by molar-refractivity contribution is -0.185. The van der Waals surface area contributed by atoms with Gasteiger partial charge in [0.2, 0.25) is 20.4 Å². The van der Waals surface area contributed by atoms with Crippen molar-refractivity contribution in [3.8, 4) is 34.5 Å². The van der Waals surface area contributed by atoms with Gasteiger partial charge < -0.3 is 42.6 Å². The van der Waals surface area contributed by atoms with Gasteiger partial charge in [0.25, 0.3) is 6.29 Å². The zero-order chi connectivity index (χ0) is 36.3.